The Morgan fingerprint density at radius 1 is 1.48 bits per heavy atom. The van der Waals surface area contributed by atoms with Crippen LogP contribution < -0.4 is 0 Å². The van der Waals surface area contributed by atoms with Crippen LogP contribution in [0.3, 0.4) is 0 Å². The van der Waals surface area contributed by atoms with Gasteiger partial charge in [0.2, 0.25) is 0 Å². The lowest BCUT2D eigenvalue weighted by Crippen LogP contribution is -2.20. The van der Waals surface area contributed by atoms with Crippen LogP contribution in [0.1, 0.15) is 50.7 Å². The minimum Gasteiger partial charge on any atom is -0.311 e. The van der Waals surface area contributed by atoms with Crippen LogP contribution in [-0.2, 0) is 6.54 Å². The van der Waals surface area contributed by atoms with Crippen LogP contribution in [0.15, 0.2) is 16.7 Å². The highest BCUT2D eigenvalue weighted by Crippen LogP contribution is 2.32. The first-order valence-corrected chi connectivity index (χ1v) is 8.93. The molecular weight excluding hydrogens is 350 g/mol. The summed E-state index contributed by atoms with van der Waals surface area (Å²) in [5.41, 5.74) is 1.88. The van der Waals surface area contributed by atoms with Gasteiger partial charge in [-0.15, -0.1) is 11.6 Å². The number of nitrogens with zero attached hydrogens (tertiary/aromatic N) is 3. The van der Waals surface area contributed by atoms with Crippen LogP contribution in [0.4, 0.5) is 0 Å². The molecule has 3 unspecified atom stereocenters. The zero-order chi connectivity index (χ0) is 15.0. The zero-order valence-electron chi connectivity index (χ0n) is 12.5. The number of pyridine rings is 1. The molecule has 0 amide bonds. The van der Waals surface area contributed by atoms with Gasteiger partial charge in [0.25, 0.3) is 0 Å². The third-order valence-electron chi connectivity index (χ3n) is 4.42. The first kappa shape index (κ1) is 15.3. The van der Waals surface area contributed by atoms with Crippen molar-refractivity contribution in [2.75, 3.05) is 0 Å². The molecule has 1 aliphatic carbocycles. The van der Waals surface area contributed by atoms with Crippen molar-refractivity contribution in [2.45, 2.75) is 51.5 Å². The van der Waals surface area contributed by atoms with Gasteiger partial charge in [0.05, 0.1) is 5.38 Å². The number of alkyl halides is 1. The number of hydrogen-bond acceptors (Lipinski definition) is 2. The molecule has 0 radical (unpaired) electrons. The summed E-state index contributed by atoms with van der Waals surface area (Å²) in [7, 11) is 0. The molecule has 0 aromatic carbocycles. The van der Waals surface area contributed by atoms with Crippen molar-refractivity contribution in [3.63, 3.8) is 0 Å². The van der Waals surface area contributed by atoms with Crippen molar-refractivity contribution in [3.8, 4) is 0 Å². The first-order valence-electron chi connectivity index (χ1n) is 7.70. The largest absolute Gasteiger partial charge is 0.311 e. The van der Waals surface area contributed by atoms with E-state index in [1.807, 2.05) is 19.2 Å². The van der Waals surface area contributed by atoms with Gasteiger partial charge in [-0.05, 0) is 53.6 Å². The summed E-state index contributed by atoms with van der Waals surface area (Å²) in [6, 6.07) is 2.02. The van der Waals surface area contributed by atoms with E-state index in [1.54, 1.807) is 0 Å². The van der Waals surface area contributed by atoms with Gasteiger partial charge in [-0.2, -0.15) is 0 Å². The lowest BCUT2D eigenvalue weighted by Gasteiger charge is -2.27. The number of fused-ring (bicyclic) bond motifs is 1. The summed E-state index contributed by atoms with van der Waals surface area (Å²) < 4.78 is 3.20. The molecule has 3 rings (SSSR count). The van der Waals surface area contributed by atoms with Crippen LogP contribution in [-0.4, -0.2) is 14.5 Å². The molecule has 1 aliphatic rings. The fourth-order valence-corrected chi connectivity index (χ4v) is 3.96. The van der Waals surface area contributed by atoms with E-state index in [0.717, 1.165) is 33.9 Å². The predicted octanol–water partition coefficient (Wildman–Crippen LogP) is 5.32. The van der Waals surface area contributed by atoms with Gasteiger partial charge in [-0.3, -0.25) is 0 Å². The molecular formula is C16H21BrClN3. The monoisotopic (exact) mass is 369 g/mol. The number of halogens is 2. The Balaban J connectivity index is 1.97. The molecule has 0 saturated heterocycles. The molecule has 0 N–H and O–H groups in total. The Kier molecular flexibility index (Phi) is 4.55. The summed E-state index contributed by atoms with van der Waals surface area (Å²) >= 11 is 9.81. The number of imidazole rings is 1. The predicted molar refractivity (Wildman–Crippen MR) is 90.6 cm³/mol. The molecule has 3 atom stereocenters. The average molecular weight is 371 g/mol. The summed E-state index contributed by atoms with van der Waals surface area (Å²) in [6.07, 6.45) is 7.14. The van der Waals surface area contributed by atoms with Crippen LogP contribution in [0.5, 0.6) is 0 Å². The topological polar surface area (TPSA) is 30.7 Å². The van der Waals surface area contributed by atoms with Crippen molar-refractivity contribution < 1.29 is 0 Å². The van der Waals surface area contributed by atoms with Gasteiger partial charge in [0, 0.05) is 17.2 Å². The second-order valence-corrected chi connectivity index (χ2v) is 7.90. The molecule has 2 aromatic heterocycles. The lowest BCUT2D eigenvalue weighted by atomic mass is 9.82. The van der Waals surface area contributed by atoms with Gasteiger partial charge in [-0.1, -0.05) is 19.8 Å². The van der Waals surface area contributed by atoms with Gasteiger partial charge >= 0.3 is 0 Å². The SMILES string of the molecule is CC1CCCC(Cn2c(C(C)Cl)nc3cc(Br)cnc32)C1. The maximum absolute atomic E-state index is 6.34. The molecule has 1 saturated carbocycles. The second-order valence-electron chi connectivity index (χ2n) is 6.33. The van der Waals surface area contributed by atoms with Crippen molar-refractivity contribution in [1.82, 2.24) is 14.5 Å². The second kappa shape index (κ2) is 6.25. The molecule has 3 nitrogen and oxygen atoms in total. The number of aromatic nitrogens is 3. The Bertz CT molecular complexity index is 638. The zero-order valence-corrected chi connectivity index (χ0v) is 14.9. The summed E-state index contributed by atoms with van der Waals surface area (Å²) in [6.45, 7) is 5.33. The maximum atomic E-state index is 6.34. The lowest BCUT2D eigenvalue weighted by molar-refractivity contribution is 0.256. The van der Waals surface area contributed by atoms with Crippen molar-refractivity contribution in [2.24, 2.45) is 11.8 Å². The minimum absolute atomic E-state index is 0.0982. The quantitative estimate of drug-likeness (QED) is 0.685. The highest BCUT2D eigenvalue weighted by Gasteiger charge is 2.23. The maximum Gasteiger partial charge on any atom is 0.160 e. The molecule has 5 heteroatoms. The van der Waals surface area contributed by atoms with Crippen LogP contribution in [0, 0.1) is 11.8 Å². The van der Waals surface area contributed by atoms with E-state index >= 15 is 0 Å². The fourth-order valence-electron chi connectivity index (χ4n) is 3.47. The molecule has 21 heavy (non-hydrogen) atoms. The van der Waals surface area contributed by atoms with E-state index < -0.39 is 0 Å². The van der Waals surface area contributed by atoms with E-state index in [1.165, 1.54) is 25.7 Å². The molecule has 2 heterocycles. The van der Waals surface area contributed by atoms with Gasteiger partial charge in [-0.25, -0.2) is 9.97 Å². The van der Waals surface area contributed by atoms with Crippen molar-refractivity contribution in [1.29, 1.82) is 0 Å². The summed E-state index contributed by atoms with van der Waals surface area (Å²) in [5, 5.41) is -0.0982. The number of hydrogen-bond donors (Lipinski definition) is 0. The van der Waals surface area contributed by atoms with Gasteiger partial charge < -0.3 is 4.57 Å². The fraction of sp³-hybridized carbons (Fsp3) is 0.625. The highest BCUT2D eigenvalue weighted by molar-refractivity contribution is 9.10. The van der Waals surface area contributed by atoms with E-state index in [2.05, 4.69) is 32.4 Å². The van der Waals surface area contributed by atoms with Gasteiger partial charge in [0.1, 0.15) is 11.3 Å². The molecule has 0 bridgehead atoms. The molecule has 0 aliphatic heterocycles. The standard InChI is InChI=1S/C16H21BrClN3/c1-10-4-3-5-12(6-10)9-21-15(11(2)18)20-14-7-13(17)8-19-16(14)21/h7-8,10-12H,3-6,9H2,1-2H3. The third-order valence-corrected chi connectivity index (χ3v) is 5.05. The summed E-state index contributed by atoms with van der Waals surface area (Å²) in [4.78, 5) is 9.26. The van der Waals surface area contributed by atoms with Crippen molar-refractivity contribution >= 4 is 38.7 Å². The molecule has 0 spiro atoms. The van der Waals surface area contributed by atoms with E-state index in [-0.39, 0.29) is 5.38 Å². The molecule has 2 aromatic rings. The third kappa shape index (κ3) is 3.26. The molecule has 114 valence electrons. The van der Waals surface area contributed by atoms with E-state index in [9.17, 15) is 0 Å². The highest BCUT2D eigenvalue weighted by atomic mass is 79.9. The minimum atomic E-state index is -0.0982. The Morgan fingerprint density at radius 2 is 2.29 bits per heavy atom. The number of rotatable bonds is 3. The summed E-state index contributed by atoms with van der Waals surface area (Å²) in [5.74, 6) is 2.48. The molecule has 1 fully saturated rings. The Hall–Kier alpha value is -0.610. The smallest absolute Gasteiger partial charge is 0.160 e. The Labute approximate surface area is 139 Å². The van der Waals surface area contributed by atoms with Gasteiger partial charge in [0.15, 0.2) is 5.65 Å². The first-order chi connectivity index (χ1) is 10.0. The van der Waals surface area contributed by atoms with Crippen LogP contribution >= 0.6 is 27.5 Å². The van der Waals surface area contributed by atoms with Crippen LogP contribution in [0.2, 0.25) is 0 Å². The van der Waals surface area contributed by atoms with Crippen LogP contribution in [0.25, 0.3) is 11.2 Å². The van der Waals surface area contributed by atoms with E-state index in [4.69, 9.17) is 16.6 Å². The Morgan fingerprint density at radius 3 is 3.00 bits per heavy atom. The van der Waals surface area contributed by atoms with Crippen molar-refractivity contribution in [3.05, 3.63) is 22.6 Å². The average Bonchev–Trinajstić information content (AvgIpc) is 2.77. The van der Waals surface area contributed by atoms with E-state index in [0.29, 0.717) is 5.92 Å². The normalized spacial score (nSPS) is 24.4.